The number of hydrogen-bond donors (Lipinski definition) is 0. The fourth-order valence-electron chi connectivity index (χ4n) is 0.921. The zero-order valence-electron chi connectivity index (χ0n) is 5.94. The number of aromatic nitrogens is 3. The lowest BCUT2D eigenvalue weighted by atomic mass is 10.4. The van der Waals surface area contributed by atoms with Crippen LogP contribution in [0.3, 0.4) is 0 Å². The van der Waals surface area contributed by atoms with E-state index in [2.05, 4.69) is 9.97 Å². The Kier molecular flexibility index (Phi) is 1.55. The molecule has 0 bridgehead atoms. The van der Waals surface area contributed by atoms with Gasteiger partial charge in [-0.15, -0.1) is 0 Å². The number of hydrogen-bond acceptors (Lipinski definition) is 3. The summed E-state index contributed by atoms with van der Waals surface area (Å²) in [6.07, 6.45) is 3.81. The quantitative estimate of drug-likeness (QED) is 0.621. The Bertz CT molecular complexity index is 437. The molecule has 0 aliphatic heterocycles. The van der Waals surface area contributed by atoms with Crippen LogP contribution in [0.5, 0.6) is 0 Å². The molecule has 2 rings (SSSR count). The first-order chi connectivity index (χ1) is 5.81. The molecule has 5 heteroatoms. The fourth-order valence-corrected chi connectivity index (χ4v) is 1.10. The SMILES string of the molecule is O=Cc1ccn2c(Cl)cnc2n1. The predicted octanol–water partition coefficient (Wildman–Crippen LogP) is 1.20. The van der Waals surface area contributed by atoms with Gasteiger partial charge >= 0.3 is 0 Å². The third-order valence-corrected chi connectivity index (χ3v) is 1.76. The second kappa shape index (κ2) is 2.57. The van der Waals surface area contributed by atoms with Crippen LogP contribution in [0.4, 0.5) is 0 Å². The molecule has 0 fully saturated rings. The Morgan fingerprint density at radius 3 is 3.17 bits per heavy atom. The average Bonchev–Trinajstić information content (AvgIpc) is 2.47. The second-order valence-electron chi connectivity index (χ2n) is 2.22. The van der Waals surface area contributed by atoms with E-state index in [4.69, 9.17) is 11.6 Å². The first-order valence-corrected chi connectivity index (χ1v) is 3.64. The number of aldehydes is 1. The lowest BCUT2D eigenvalue weighted by Crippen LogP contribution is -1.92. The zero-order valence-corrected chi connectivity index (χ0v) is 6.69. The number of fused-ring (bicyclic) bond motifs is 1. The highest BCUT2D eigenvalue weighted by Crippen LogP contribution is 2.09. The van der Waals surface area contributed by atoms with Crippen molar-refractivity contribution in [3.05, 3.63) is 29.3 Å². The Labute approximate surface area is 72.8 Å². The molecule has 4 nitrogen and oxygen atoms in total. The molecule has 0 N–H and O–H groups in total. The van der Waals surface area contributed by atoms with E-state index in [9.17, 15) is 4.79 Å². The highest BCUT2D eigenvalue weighted by molar-refractivity contribution is 6.29. The van der Waals surface area contributed by atoms with Crippen LogP contribution in [0.25, 0.3) is 5.78 Å². The van der Waals surface area contributed by atoms with Gasteiger partial charge in [-0.2, -0.15) is 0 Å². The van der Waals surface area contributed by atoms with Gasteiger partial charge in [0.05, 0.1) is 6.20 Å². The van der Waals surface area contributed by atoms with Gasteiger partial charge in [0.2, 0.25) is 5.78 Å². The Balaban J connectivity index is 2.77. The van der Waals surface area contributed by atoms with Crippen LogP contribution in [0.2, 0.25) is 5.15 Å². The summed E-state index contributed by atoms with van der Waals surface area (Å²) in [6.45, 7) is 0. The molecular weight excluding hydrogens is 178 g/mol. The Morgan fingerprint density at radius 2 is 2.42 bits per heavy atom. The molecule has 0 atom stereocenters. The molecule has 0 saturated heterocycles. The normalized spacial score (nSPS) is 10.4. The Hall–Kier alpha value is -1.42. The minimum absolute atomic E-state index is 0.352. The number of rotatable bonds is 1. The molecule has 0 radical (unpaired) electrons. The van der Waals surface area contributed by atoms with Crippen molar-refractivity contribution in [3.63, 3.8) is 0 Å². The minimum Gasteiger partial charge on any atom is -0.296 e. The largest absolute Gasteiger partial charge is 0.296 e. The van der Waals surface area contributed by atoms with Gasteiger partial charge in [-0.05, 0) is 6.07 Å². The molecular formula is C7H4ClN3O. The van der Waals surface area contributed by atoms with Gasteiger partial charge in [-0.3, -0.25) is 9.20 Å². The van der Waals surface area contributed by atoms with Gasteiger partial charge in [-0.1, -0.05) is 11.6 Å². The van der Waals surface area contributed by atoms with Crippen LogP contribution in [0.1, 0.15) is 10.5 Å². The number of carbonyl (C=O) groups excluding carboxylic acids is 1. The van der Waals surface area contributed by atoms with Gasteiger partial charge in [0.15, 0.2) is 6.29 Å². The standard InChI is InChI=1S/C7H4ClN3O/c8-6-3-9-7-10-5(4-12)1-2-11(6)7/h1-4H. The van der Waals surface area contributed by atoms with Gasteiger partial charge in [0.25, 0.3) is 0 Å². The van der Waals surface area contributed by atoms with Crippen LogP contribution in [-0.2, 0) is 0 Å². The van der Waals surface area contributed by atoms with Gasteiger partial charge in [-0.25, -0.2) is 9.97 Å². The van der Waals surface area contributed by atoms with Crippen molar-refractivity contribution in [1.82, 2.24) is 14.4 Å². The molecule has 12 heavy (non-hydrogen) atoms. The maximum absolute atomic E-state index is 10.3. The lowest BCUT2D eigenvalue weighted by Gasteiger charge is -1.93. The van der Waals surface area contributed by atoms with E-state index in [1.54, 1.807) is 16.7 Å². The molecule has 2 aromatic rings. The summed E-state index contributed by atoms with van der Waals surface area (Å²) in [5, 5.41) is 0.481. The summed E-state index contributed by atoms with van der Waals surface area (Å²) in [6, 6.07) is 1.58. The van der Waals surface area contributed by atoms with E-state index in [0.717, 1.165) is 0 Å². The van der Waals surface area contributed by atoms with E-state index < -0.39 is 0 Å². The van der Waals surface area contributed by atoms with Gasteiger partial charge < -0.3 is 0 Å². The summed E-state index contributed by atoms with van der Waals surface area (Å²) in [5.74, 6) is 0.435. The molecule has 0 unspecified atom stereocenters. The number of halogens is 1. The molecule has 0 saturated carbocycles. The maximum Gasteiger partial charge on any atom is 0.235 e. The summed E-state index contributed by atoms with van der Waals surface area (Å²) in [7, 11) is 0. The van der Waals surface area contributed by atoms with Gasteiger partial charge in [0.1, 0.15) is 10.8 Å². The molecule has 2 heterocycles. The smallest absolute Gasteiger partial charge is 0.235 e. The predicted molar refractivity (Wildman–Crippen MR) is 43.4 cm³/mol. The summed E-state index contributed by atoms with van der Waals surface area (Å²) < 4.78 is 1.59. The Morgan fingerprint density at radius 1 is 1.58 bits per heavy atom. The van der Waals surface area contributed by atoms with Crippen LogP contribution in [-0.4, -0.2) is 20.7 Å². The van der Waals surface area contributed by atoms with Crippen molar-refractivity contribution in [2.24, 2.45) is 0 Å². The molecule has 0 spiro atoms. The van der Waals surface area contributed by atoms with Crippen molar-refractivity contribution in [2.45, 2.75) is 0 Å². The van der Waals surface area contributed by atoms with Crippen molar-refractivity contribution in [2.75, 3.05) is 0 Å². The third-order valence-electron chi connectivity index (χ3n) is 1.48. The summed E-state index contributed by atoms with van der Waals surface area (Å²) in [5.41, 5.74) is 0.352. The van der Waals surface area contributed by atoms with E-state index >= 15 is 0 Å². The van der Waals surface area contributed by atoms with Crippen molar-refractivity contribution in [1.29, 1.82) is 0 Å². The van der Waals surface area contributed by atoms with Crippen molar-refractivity contribution < 1.29 is 4.79 Å². The van der Waals surface area contributed by atoms with Crippen LogP contribution in [0.15, 0.2) is 18.5 Å². The third kappa shape index (κ3) is 0.967. The van der Waals surface area contributed by atoms with E-state index in [1.807, 2.05) is 0 Å². The minimum atomic E-state index is 0.352. The monoisotopic (exact) mass is 181 g/mol. The highest BCUT2D eigenvalue weighted by atomic mass is 35.5. The molecule has 2 aromatic heterocycles. The average molecular weight is 182 g/mol. The molecule has 60 valence electrons. The molecule has 0 aliphatic carbocycles. The van der Waals surface area contributed by atoms with E-state index in [-0.39, 0.29) is 0 Å². The number of imidazole rings is 1. The van der Waals surface area contributed by atoms with Crippen LogP contribution in [0, 0.1) is 0 Å². The zero-order chi connectivity index (χ0) is 8.55. The lowest BCUT2D eigenvalue weighted by molar-refractivity contribution is 0.111. The highest BCUT2D eigenvalue weighted by Gasteiger charge is 2.01. The van der Waals surface area contributed by atoms with Crippen molar-refractivity contribution in [3.8, 4) is 0 Å². The van der Waals surface area contributed by atoms with E-state index in [1.165, 1.54) is 6.20 Å². The number of nitrogens with zero attached hydrogens (tertiary/aromatic N) is 3. The first kappa shape index (κ1) is 7.24. The topological polar surface area (TPSA) is 47.3 Å². The molecule has 0 amide bonds. The second-order valence-corrected chi connectivity index (χ2v) is 2.61. The van der Waals surface area contributed by atoms with Gasteiger partial charge in [0, 0.05) is 6.20 Å². The summed E-state index contributed by atoms with van der Waals surface area (Å²) in [4.78, 5) is 18.1. The fraction of sp³-hybridized carbons (Fsp3) is 0. The maximum atomic E-state index is 10.3. The van der Waals surface area contributed by atoms with E-state index in [0.29, 0.717) is 22.9 Å². The number of carbonyl (C=O) groups is 1. The first-order valence-electron chi connectivity index (χ1n) is 3.26. The molecule has 0 aliphatic rings. The summed E-state index contributed by atoms with van der Waals surface area (Å²) >= 11 is 5.74. The molecule has 0 aromatic carbocycles. The van der Waals surface area contributed by atoms with Crippen molar-refractivity contribution >= 4 is 23.7 Å². The van der Waals surface area contributed by atoms with Crippen LogP contribution >= 0.6 is 11.6 Å². The van der Waals surface area contributed by atoms with Crippen LogP contribution < -0.4 is 0 Å².